The molecule has 0 saturated carbocycles. The summed E-state index contributed by atoms with van der Waals surface area (Å²) in [6.45, 7) is 0. The zero-order valence-corrected chi connectivity index (χ0v) is 9.91. The largest absolute Gasteiger partial charge is 0.485 e. The van der Waals surface area contributed by atoms with E-state index in [4.69, 9.17) is 10.5 Å². The third kappa shape index (κ3) is 1.94. The van der Waals surface area contributed by atoms with Gasteiger partial charge in [-0.1, -0.05) is 6.07 Å². The van der Waals surface area contributed by atoms with Gasteiger partial charge in [0.25, 0.3) is 0 Å². The predicted molar refractivity (Wildman–Crippen MR) is 65.6 cm³/mol. The first-order valence-electron chi connectivity index (χ1n) is 5.48. The molecule has 17 heavy (non-hydrogen) atoms. The Morgan fingerprint density at radius 1 is 1.35 bits per heavy atom. The molecule has 0 aliphatic carbocycles. The average molecular weight is 249 g/mol. The van der Waals surface area contributed by atoms with E-state index in [1.807, 2.05) is 16.8 Å². The van der Waals surface area contributed by atoms with Crippen molar-refractivity contribution in [1.29, 1.82) is 0 Å². The standard InChI is InChI=1S/C13H12FNOS/c14-9-1-2-10-11(15)6-12(16-13(10)5-9)8-3-4-17-7-8/h1-5,7,11-12H,6,15H2. The fourth-order valence-corrected chi connectivity index (χ4v) is 2.84. The molecule has 0 amide bonds. The van der Waals surface area contributed by atoms with Crippen LogP contribution < -0.4 is 10.5 Å². The van der Waals surface area contributed by atoms with Crippen molar-refractivity contribution in [2.24, 2.45) is 5.73 Å². The third-order valence-corrected chi connectivity index (χ3v) is 3.73. The second-order valence-corrected chi connectivity index (χ2v) is 4.97. The number of benzene rings is 1. The molecule has 1 aromatic carbocycles. The van der Waals surface area contributed by atoms with Gasteiger partial charge in [0.1, 0.15) is 17.7 Å². The summed E-state index contributed by atoms with van der Waals surface area (Å²) in [5.41, 5.74) is 8.09. The molecule has 3 rings (SSSR count). The Hall–Kier alpha value is -1.39. The number of fused-ring (bicyclic) bond motifs is 1. The number of hydrogen-bond donors (Lipinski definition) is 1. The monoisotopic (exact) mass is 249 g/mol. The van der Waals surface area contributed by atoms with E-state index in [2.05, 4.69) is 0 Å². The summed E-state index contributed by atoms with van der Waals surface area (Å²) in [5.74, 6) is 0.280. The maximum Gasteiger partial charge on any atom is 0.127 e. The summed E-state index contributed by atoms with van der Waals surface area (Å²) in [7, 11) is 0. The van der Waals surface area contributed by atoms with Crippen molar-refractivity contribution in [2.45, 2.75) is 18.6 Å². The van der Waals surface area contributed by atoms with Crippen molar-refractivity contribution >= 4 is 11.3 Å². The van der Waals surface area contributed by atoms with Crippen LogP contribution in [-0.4, -0.2) is 0 Å². The number of ether oxygens (including phenoxy) is 1. The Labute approximate surface area is 103 Å². The van der Waals surface area contributed by atoms with Crippen LogP contribution in [0.1, 0.15) is 29.7 Å². The topological polar surface area (TPSA) is 35.2 Å². The molecule has 2 heterocycles. The minimum absolute atomic E-state index is 0.0643. The highest BCUT2D eigenvalue weighted by Gasteiger charge is 2.27. The van der Waals surface area contributed by atoms with Crippen LogP contribution in [0.5, 0.6) is 5.75 Å². The molecule has 0 bridgehead atoms. The lowest BCUT2D eigenvalue weighted by Gasteiger charge is -2.30. The summed E-state index contributed by atoms with van der Waals surface area (Å²) in [4.78, 5) is 0. The van der Waals surface area contributed by atoms with Crippen LogP contribution in [-0.2, 0) is 0 Å². The molecule has 2 N–H and O–H groups in total. The van der Waals surface area contributed by atoms with Crippen LogP contribution in [0.15, 0.2) is 35.0 Å². The van der Waals surface area contributed by atoms with Crippen LogP contribution in [0.2, 0.25) is 0 Å². The fourth-order valence-electron chi connectivity index (χ4n) is 2.14. The lowest BCUT2D eigenvalue weighted by Crippen LogP contribution is -2.23. The van der Waals surface area contributed by atoms with Gasteiger partial charge in [-0.25, -0.2) is 4.39 Å². The van der Waals surface area contributed by atoms with Crippen LogP contribution in [0, 0.1) is 5.82 Å². The highest BCUT2D eigenvalue weighted by molar-refractivity contribution is 7.07. The summed E-state index contributed by atoms with van der Waals surface area (Å²) < 4.78 is 19.0. The molecule has 0 spiro atoms. The molecule has 2 nitrogen and oxygen atoms in total. The first kappa shape index (κ1) is 10.7. The number of rotatable bonds is 1. The minimum atomic E-state index is -0.290. The summed E-state index contributed by atoms with van der Waals surface area (Å²) in [6.07, 6.45) is 0.667. The second kappa shape index (κ2) is 4.13. The zero-order chi connectivity index (χ0) is 11.8. The van der Waals surface area contributed by atoms with Crippen molar-refractivity contribution in [2.75, 3.05) is 0 Å². The van der Waals surface area contributed by atoms with E-state index in [-0.39, 0.29) is 18.0 Å². The zero-order valence-electron chi connectivity index (χ0n) is 9.10. The minimum Gasteiger partial charge on any atom is -0.485 e. The van der Waals surface area contributed by atoms with Crippen LogP contribution in [0.3, 0.4) is 0 Å². The number of nitrogens with two attached hydrogens (primary N) is 1. The number of hydrogen-bond acceptors (Lipinski definition) is 3. The van der Waals surface area contributed by atoms with Crippen LogP contribution >= 0.6 is 11.3 Å². The third-order valence-electron chi connectivity index (χ3n) is 3.03. The molecule has 0 saturated heterocycles. The SMILES string of the molecule is NC1CC(c2ccsc2)Oc2cc(F)ccc21. The van der Waals surface area contributed by atoms with Crippen molar-refractivity contribution in [3.05, 3.63) is 52.0 Å². The molecule has 0 radical (unpaired) electrons. The number of halogens is 1. The van der Waals surface area contributed by atoms with Gasteiger partial charge in [0.15, 0.2) is 0 Å². The molecule has 2 aromatic rings. The van der Waals surface area contributed by atoms with E-state index >= 15 is 0 Å². The fraction of sp³-hybridized carbons (Fsp3) is 0.231. The van der Waals surface area contributed by atoms with E-state index < -0.39 is 0 Å². The Morgan fingerprint density at radius 3 is 3.00 bits per heavy atom. The molecule has 0 fully saturated rings. The van der Waals surface area contributed by atoms with Gasteiger partial charge in [-0.05, 0) is 22.9 Å². The molecule has 1 aliphatic heterocycles. The maximum atomic E-state index is 13.2. The van der Waals surface area contributed by atoms with Gasteiger partial charge in [-0.15, -0.1) is 0 Å². The van der Waals surface area contributed by atoms with Gasteiger partial charge in [0, 0.05) is 29.7 Å². The van der Waals surface area contributed by atoms with Crippen molar-refractivity contribution < 1.29 is 9.13 Å². The number of thiophene rings is 1. The lowest BCUT2D eigenvalue weighted by atomic mass is 9.95. The molecule has 88 valence electrons. The average Bonchev–Trinajstić information content (AvgIpc) is 2.81. The van der Waals surface area contributed by atoms with Gasteiger partial charge in [0.2, 0.25) is 0 Å². The molecule has 2 unspecified atom stereocenters. The highest BCUT2D eigenvalue weighted by Crippen LogP contribution is 2.40. The summed E-state index contributed by atoms with van der Waals surface area (Å²) in [6, 6.07) is 6.47. The molecule has 4 heteroatoms. The summed E-state index contributed by atoms with van der Waals surface area (Å²) in [5, 5.41) is 4.05. The molecule has 2 atom stereocenters. The second-order valence-electron chi connectivity index (χ2n) is 4.19. The van der Waals surface area contributed by atoms with E-state index in [0.29, 0.717) is 5.75 Å². The Bertz CT molecular complexity index is 526. The first-order valence-corrected chi connectivity index (χ1v) is 6.42. The summed E-state index contributed by atoms with van der Waals surface area (Å²) >= 11 is 1.62. The molecule has 1 aromatic heterocycles. The molecular weight excluding hydrogens is 237 g/mol. The lowest BCUT2D eigenvalue weighted by molar-refractivity contribution is 0.161. The quantitative estimate of drug-likeness (QED) is 0.840. The van der Waals surface area contributed by atoms with Crippen LogP contribution in [0.4, 0.5) is 4.39 Å². The van der Waals surface area contributed by atoms with Gasteiger partial charge in [0.05, 0.1) is 0 Å². The maximum absolute atomic E-state index is 13.2. The van der Waals surface area contributed by atoms with Gasteiger partial charge in [-0.3, -0.25) is 0 Å². The Balaban J connectivity index is 1.97. The first-order chi connectivity index (χ1) is 8.24. The normalized spacial score (nSPS) is 22.9. The van der Waals surface area contributed by atoms with Crippen molar-refractivity contribution in [3.8, 4) is 5.75 Å². The Kier molecular flexibility index (Phi) is 2.61. The molecular formula is C13H12FNOS. The predicted octanol–water partition coefficient (Wildman–Crippen LogP) is 3.41. The van der Waals surface area contributed by atoms with Crippen molar-refractivity contribution in [3.63, 3.8) is 0 Å². The van der Waals surface area contributed by atoms with Gasteiger partial charge in [-0.2, -0.15) is 11.3 Å². The van der Waals surface area contributed by atoms with Gasteiger partial charge >= 0.3 is 0 Å². The smallest absolute Gasteiger partial charge is 0.127 e. The van der Waals surface area contributed by atoms with E-state index in [0.717, 1.165) is 17.5 Å². The van der Waals surface area contributed by atoms with E-state index in [9.17, 15) is 4.39 Å². The van der Waals surface area contributed by atoms with Crippen molar-refractivity contribution in [1.82, 2.24) is 0 Å². The highest BCUT2D eigenvalue weighted by atomic mass is 32.1. The van der Waals surface area contributed by atoms with E-state index in [1.165, 1.54) is 12.1 Å². The Morgan fingerprint density at radius 2 is 2.24 bits per heavy atom. The van der Waals surface area contributed by atoms with Gasteiger partial charge < -0.3 is 10.5 Å². The van der Waals surface area contributed by atoms with E-state index in [1.54, 1.807) is 17.4 Å². The van der Waals surface area contributed by atoms with Crippen LogP contribution in [0.25, 0.3) is 0 Å². The molecule has 1 aliphatic rings.